The minimum atomic E-state index is -0.914. The van der Waals surface area contributed by atoms with Gasteiger partial charge in [0.15, 0.2) is 0 Å². The summed E-state index contributed by atoms with van der Waals surface area (Å²) in [5.41, 5.74) is 0. The van der Waals surface area contributed by atoms with E-state index in [1.54, 1.807) is 0 Å². The fourth-order valence-corrected chi connectivity index (χ4v) is 2.39. The molecule has 0 aliphatic rings. The first-order chi connectivity index (χ1) is 9.57. The highest BCUT2D eigenvalue weighted by atomic mass is 16.4. The molecule has 0 aromatic rings. The summed E-state index contributed by atoms with van der Waals surface area (Å²) in [7, 11) is 0. The van der Waals surface area contributed by atoms with Crippen LogP contribution in [0.4, 0.5) is 0 Å². The van der Waals surface area contributed by atoms with Gasteiger partial charge in [0, 0.05) is 6.42 Å². The molecule has 0 aromatic heterocycles. The van der Waals surface area contributed by atoms with E-state index in [1.165, 1.54) is 38.5 Å². The van der Waals surface area contributed by atoms with Crippen molar-refractivity contribution in [3.05, 3.63) is 0 Å². The van der Waals surface area contributed by atoms with E-state index in [2.05, 4.69) is 6.92 Å². The molecule has 0 saturated carbocycles. The molecular weight excluding hydrogens is 256 g/mol. The molecule has 0 saturated heterocycles. The van der Waals surface area contributed by atoms with Crippen LogP contribution in [0.15, 0.2) is 0 Å². The molecule has 2 N–H and O–H groups in total. The first-order valence-electron chi connectivity index (χ1n) is 8.02. The van der Waals surface area contributed by atoms with E-state index in [0.29, 0.717) is 6.42 Å². The van der Waals surface area contributed by atoms with Crippen molar-refractivity contribution in [3.63, 3.8) is 0 Å². The van der Waals surface area contributed by atoms with E-state index in [9.17, 15) is 9.59 Å². The number of rotatable bonds is 14. The van der Waals surface area contributed by atoms with Crippen molar-refractivity contribution in [1.82, 2.24) is 0 Å². The van der Waals surface area contributed by atoms with Crippen LogP contribution in [0.1, 0.15) is 84.0 Å². The first-order valence-corrected chi connectivity index (χ1v) is 8.02. The lowest BCUT2D eigenvalue weighted by Gasteiger charge is -2.10. The van der Waals surface area contributed by atoms with Crippen molar-refractivity contribution in [2.75, 3.05) is 0 Å². The Labute approximate surface area is 122 Å². The second-order valence-corrected chi connectivity index (χ2v) is 5.58. The lowest BCUT2D eigenvalue weighted by Crippen LogP contribution is -2.15. The molecule has 4 heteroatoms. The van der Waals surface area contributed by atoms with Gasteiger partial charge in [-0.1, -0.05) is 64.7 Å². The summed E-state index contributed by atoms with van der Waals surface area (Å²) in [5.74, 6) is -2.26. The van der Waals surface area contributed by atoms with E-state index in [1.807, 2.05) is 0 Å². The number of hydrogen-bond acceptors (Lipinski definition) is 2. The fraction of sp³-hybridized carbons (Fsp3) is 0.875. The highest BCUT2D eigenvalue weighted by Crippen LogP contribution is 2.17. The summed E-state index contributed by atoms with van der Waals surface area (Å²) in [6.45, 7) is 2.21. The standard InChI is InChI=1S/C16H30O4/c1-2-3-4-5-6-7-8-9-10-11-14(16(19)20)12-13-15(17)18/h14H,2-13H2,1H3,(H,17,18)(H,19,20). The largest absolute Gasteiger partial charge is 0.481 e. The summed E-state index contributed by atoms with van der Waals surface area (Å²) >= 11 is 0. The minimum Gasteiger partial charge on any atom is -0.481 e. The third-order valence-electron chi connectivity index (χ3n) is 3.71. The highest BCUT2D eigenvalue weighted by molar-refractivity contribution is 5.72. The normalized spacial score (nSPS) is 12.2. The molecule has 0 aliphatic heterocycles. The van der Waals surface area contributed by atoms with Gasteiger partial charge in [0.25, 0.3) is 0 Å². The molecule has 0 radical (unpaired) electrons. The lowest BCUT2D eigenvalue weighted by molar-refractivity contribution is -0.143. The van der Waals surface area contributed by atoms with Crippen molar-refractivity contribution >= 4 is 11.9 Å². The number of carbonyl (C=O) groups is 2. The van der Waals surface area contributed by atoms with Gasteiger partial charge in [-0.3, -0.25) is 9.59 Å². The number of carboxylic acids is 2. The third kappa shape index (κ3) is 12.0. The Morgan fingerprint density at radius 2 is 1.30 bits per heavy atom. The fourth-order valence-electron chi connectivity index (χ4n) is 2.39. The number of hydrogen-bond donors (Lipinski definition) is 2. The molecule has 0 heterocycles. The second kappa shape index (κ2) is 12.9. The van der Waals surface area contributed by atoms with Crippen LogP contribution in [0.3, 0.4) is 0 Å². The first kappa shape index (κ1) is 18.9. The Morgan fingerprint density at radius 3 is 1.75 bits per heavy atom. The summed E-state index contributed by atoms with van der Waals surface area (Å²) in [4.78, 5) is 21.4. The zero-order chi connectivity index (χ0) is 15.2. The molecule has 4 nitrogen and oxygen atoms in total. The van der Waals surface area contributed by atoms with Crippen LogP contribution in [0, 0.1) is 5.92 Å². The van der Waals surface area contributed by atoms with Crippen LogP contribution in [-0.4, -0.2) is 22.2 Å². The minimum absolute atomic E-state index is 0.0472. The molecule has 0 rings (SSSR count). The van der Waals surface area contributed by atoms with Crippen molar-refractivity contribution in [2.24, 2.45) is 5.92 Å². The van der Waals surface area contributed by atoms with Gasteiger partial charge in [-0.05, 0) is 12.8 Å². The maximum Gasteiger partial charge on any atom is 0.306 e. The molecule has 1 atom stereocenters. The summed E-state index contributed by atoms with van der Waals surface area (Å²) in [6.07, 6.45) is 11.7. The van der Waals surface area contributed by atoms with E-state index in [4.69, 9.17) is 10.2 Å². The molecule has 0 amide bonds. The molecule has 0 fully saturated rings. The molecular formula is C16H30O4. The Hall–Kier alpha value is -1.06. The van der Waals surface area contributed by atoms with Gasteiger partial charge in [0.2, 0.25) is 0 Å². The van der Waals surface area contributed by atoms with Gasteiger partial charge >= 0.3 is 11.9 Å². The van der Waals surface area contributed by atoms with E-state index in [0.717, 1.165) is 19.3 Å². The average molecular weight is 286 g/mol. The third-order valence-corrected chi connectivity index (χ3v) is 3.71. The maximum atomic E-state index is 11.0. The number of carboxylic acid groups (broad SMARTS) is 2. The van der Waals surface area contributed by atoms with Gasteiger partial charge in [-0.25, -0.2) is 0 Å². The Morgan fingerprint density at radius 1 is 0.800 bits per heavy atom. The number of unbranched alkanes of at least 4 members (excludes halogenated alkanes) is 8. The van der Waals surface area contributed by atoms with E-state index < -0.39 is 17.9 Å². The molecule has 0 aromatic carbocycles. The Bertz CT molecular complexity index is 263. The van der Waals surface area contributed by atoms with Crippen molar-refractivity contribution in [1.29, 1.82) is 0 Å². The predicted octanol–water partition coefficient (Wildman–Crippen LogP) is 4.47. The lowest BCUT2D eigenvalue weighted by atomic mass is 9.95. The van der Waals surface area contributed by atoms with Crippen LogP contribution in [0.25, 0.3) is 0 Å². The van der Waals surface area contributed by atoms with Crippen molar-refractivity contribution in [3.8, 4) is 0 Å². The zero-order valence-corrected chi connectivity index (χ0v) is 12.8. The van der Waals surface area contributed by atoms with Crippen LogP contribution in [0.2, 0.25) is 0 Å². The summed E-state index contributed by atoms with van der Waals surface area (Å²) in [6, 6.07) is 0. The molecule has 1 unspecified atom stereocenters. The van der Waals surface area contributed by atoms with Gasteiger partial charge in [-0.2, -0.15) is 0 Å². The molecule has 20 heavy (non-hydrogen) atoms. The van der Waals surface area contributed by atoms with Gasteiger partial charge < -0.3 is 10.2 Å². The van der Waals surface area contributed by atoms with E-state index in [-0.39, 0.29) is 12.8 Å². The quantitative estimate of drug-likeness (QED) is 0.462. The Kier molecular flexibility index (Phi) is 12.3. The van der Waals surface area contributed by atoms with Crippen molar-refractivity contribution < 1.29 is 19.8 Å². The predicted molar refractivity (Wildman–Crippen MR) is 79.8 cm³/mol. The summed E-state index contributed by atoms with van der Waals surface area (Å²) in [5, 5.41) is 17.6. The monoisotopic (exact) mass is 286 g/mol. The SMILES string of the molecule is CCCCCCCCCCCC(CCC(=O)O)C(=O)O. The highest BCUT2D eigenvalue weighted by Gasteiger charge is 2.17. The molecule has 0 bridgehead atoms. The zero-order valence-electron chi connectivity index (χ0n) is 12.8. The van der Waals surface area contributed by atoms with E-state index >= 15 is 0 Å². The average Bonchev–Trinajstić information content (AvgIpc) is 2.39. The molecule has 0 spiro atoms. The molecule has 118 valence electrons. The molecule has 0 aliphatic carbocycles. The van der Waals surface area contributed by atoms with Crippen LogP contribution in [0.5, 0.6) is 0 Å². The topological polar surface area (TPSA) is 74.6 Å². The van der Waals surface area contributed by atoms with Gasteiger partial charge in [0.1, 0.15) is 0 Å². The Balaban J connectivity index is 3.49. The van der Waals surface area contributed by atoms with Crippen LogP contribution < -0.4 is 0 Å². The van der Waals surface area contributed by atoms with Crippen molar-refractivity contribution in [2.45, 2.75) is 84.0 Å². The van der Waals surface area contributed by atoms with Crippen LogP contribution >= 0.6 is 0 Å². The van der Waals surface area contributed by atoms with Crippen LogP contribution in [-0.2, 0) is 9.59 Å². The summed E-state index contributed by atoms with van der Waals surface area (Å²) < 4.78 is 0. The smallest absolute Gasteiger partial charge is 0.306 e. The second-order valence-electron chi connectivity index (χ2n) is 5.58. The van der Waals surface area contributed by atoms with Gasteiger partial charge in [-0.15, -0.1) is 0 Å². The number of aliphatic carboxylic acids is 2. The van der Waals surface area contributed by atoms with Gasteiger partial charge in [0.05, 0.1) is 5.92 Å². The maximum absolute atomic E-state index is 11.0.